The maximum absolute atomic E-state index is 2.99. The van der Waals surface area contributed by atoms with E-state index in [1.54, 1.807) is 19.3 Å². The lowest BCUT2D eigenvalue weighted by molar-refractivity contribution is -0.0385. The first-order chi connectivity index (χ1) is 19.0. The van der Waals surface area contributed by atoms with Gasteiger partial charge in [0.2, 0.25) is 0 Å². The fourth-order valence-corrected chi connectivity index (χ4v) is 10.4. The second-order valence-electron chi connectivity index (χ2n) is 15.4. The Morgan fingerprint density at radius 2 is 1.54 bits per heavy atom. The van der Waals surface area contributed by atoms with Crippen LogP contribution in [0, 0.1) is 46.8 Å². The molecule has 1 heteroatoms. The number of unbranched alkanes of at least 4 members (excludes halogenated alkanes) is 4. The van der Waals surface area contributed by atoms with E-state index in [4.69, 9.17) is 0 Å². The van der Waals surface area contributed by atoms with Crippen molar-refractivity contribution in [3.05, 3.63) is 12.2 Å². The van der Waals surface area contributed by atoms with E-state index in [-0.39, 0.29) is 0 Å². The van der Waals surface area contributed by atoms with E-state index >= 15 is 0 Å². The van der Waals surface area contributed by atoms with Crippen LogP contribution in [-0.4, -0.2) is 24.0 Å². The van der Waals surface area contributed by atoms with Crippen molar-refractivity contribution in [2.45, 2.75) is 169 Å². The molecule has 4 fully saturated rings. The van der Waals surface area contributed by atoms with Gasteiger partial charge < -0.3 is 0 Å². The van der Waals surface area contributed by atoms with E-state index in [1.807, 2.05) is 0 Å². The van der Waals surface area contributed by atoms with Crippen LogP contribution < -0.4 is 0 Å². The molecule has 3 aliphatic carbocycles. The van der Waals surface area contributed by atoms with Crippen molar-refractivity contribution in [2.75, 3.05) is 13.1 Å². The van der Waals surface area contributed by atoms with Crippen molar-refractivity contribution in [1.82, 2.24) is 4.90 Å². The Kier molecular flexibility index (Phi) is 12.8. The molecular formula is C38H69N. The summed E-state index contributed by atoms with van der Waals surface area (Å²) >= 11 is 0. The molecule has 4 aliphatic rings. The minimum Gasteiger partial charge on any atom is -0.300 e. The van der Waals surface area contributed by atoms with Crippen LogP contribution >= 0.6 is 0 Å². The predicted octanol–water partition coefficient (Wildman–Crippen LogP) is 11.5. The number of likely N-dealkylation sites (tertiary alicyclic amines) is 1. The molecule has 0 aromatic rings. The van der Waals surface area contributed by atoms with Crippen molar-refractivity contribution >= 4 is 0 Å². The quantitative estimate of drug-likeness (QED) is 0.186. The third kappa shape index (κ3) is 8.38. The first-order valence-corrected chi connectivity index (χ1v) is 18.4. The largest absolute Gasteiger partial charge is 0.300 e. The van der Waals surface area contributed by atoms with Gasteiger partial charge in [-0.15, -0.1) is 0 Å². The van der Waals surface area contributed by atoms with Crippen molar-refractivity contribution in [3.63, 3.8) is 0 Å². The molecule has 0 N–H and O–H groups in total. The van der Waals surface area contributed by atoms with Gasteiger partial charge in [0.1, 0.15) is 0 Å². The average Bonchev–Trinajstić information content (AvgIpc) is 2.95. The molecule has 1 saturated heterocycles. The summed E-state index contributed by atoms with van der Waals surface area (Å²) in [7, 11) is 0. The summed E-state index contributed by atoms with van der Waals surface area (Å²) < 4.78 is 0. The van der Waals surface area contributed by atoms with E-state index in [0.29, 0.717) is 5.41 Å². The number of hydrogen-bond donors (Lipinski definition) is 0. The lowest BCUT2D eigenvalue weighted by atomic mass is 9.52. The van der Waals surface area contributed by atoms with Crippen LogP contribution in [0.5, 0.6) is 0 Å². The van der Waals surface area contributed by atoms with Crippen LogP contribution in [0.1, 0.15) is 163 Å². The van der Waals surface area contributed by atoms with Gasteiger partial charge in [0, 0.05) is 19.1 Å². The Morgan fingerprint density at radius 3 is 2.28 bits per heavy atom. The van der Waals surface area contributed by atoms with E-state index < -0.39 is 0 Å². The molecule has 1 aliphatic heterocycles. The second-order valence-corrected chi connectivity index (χ2v) is 15.4. The Bertz CT molecular complexity index is 706. The number of fused-ring (bicyclic) bond motifs is 2. The molecule has 0 spiro atoms. The number of hydrogen-bond acceptors (Lipinski definition) is 1. The molecule has 4 rings (SSSR count). The number of nitrogens with zero attached hydrogens (tertiary/aromatic N) is 1. The van der Waals surface area contributed by atoms with Crippen LogP contribution in [0.2, 0.25) is 0 Å². The molecule has 0 amide bonds. The van der Waals surface area contributed by atoms with E-state index in [2.05, 4.69) is 51.7 Å². The van der Waals surface area contributed by atoms with Crippen LogP contribution in [0.4, 0.5) is 0 Å². The maximum Gasteiger partial charge on any atom is 0.00984 e. The Labute approximate surface area is 245 Å². The summed E-state index contributed by atoms with van der Waals surface area (Å²) in [6, 6.07) is 0.860. The Hall–Kier alpha value is -0.300. The first-order valence-electron chi connectivity index (χ1n) is 18.4. The zero-order chi connectivity index (χ0) is 27.7. The van der Waals surface area contributed by atoms with Gasteiger partial charge in [0.15, 0.2) is 0 Å². The molecule has 0 radical (unpaired) electrons. The van der Waals surface area contributed by atoms with Gasteiger partial charge >= 0.3 is 0 Å². The fraction of sp³-hybridized carbons (Fsp3) is 0.947. The molecule has 8 atom stereocenters. The summed E-state index contributed by atoms with van der Waals surface area (Å²) in [4.78, 5) is 2.99. The van der Waals surface area contributed by atoms with Crippen molar-refractivity contribution in [2.24, 2.45) is 46.8 Å². The molecule has 0 aromatic carbocycles. The van der Waals surface area contributed by atoms with Gasteiger partial charge in [-0.3, -0.25) is 4.90 Å². The Balaban J connectivity index is 1.59. The standard InChI is InChI=1S/C38H69N/c1-6-10-12-18-32-28-39(29-32)36-21-20-31(16-8-3)27-38(9-4,22-15-11-7-2)37-26-33-19-14-13-17-30(5)23-34(33)24-35(37)25-36/h8,16,30-37H,6-7,9-15,17-29H2,1-5H3. The minimum atomic E-state index is 0.579. The van der Waals surface area contributed by atoms with E-state index in [0.717, 1.165) is 47.5 Å². The first kappa shape index (κ1) is 31.6. The fourth-order valence-electron chi connectivity index (χ4n) is 10.4. The molecule has 226 valence electrons. The van der Waals surface area contributed by atoms with E-state index in [1.165, 1.54) is 122 Å². The molecule has 1 heterocycles. The highest BCUT2D eigenvalue weighted by Gasteiger charge is 2.49. The van der Waals surface area contributed by atoms with Crippen LogP contribution in [0.15, 0.2) is 12.2 Å². The highest BCUT2D eigenvalue weighted by Crippen LogP contribution is 2.58. The third-order valence-electron chi connectivity index (χ3n) is 12.7. The molecule has 0 aromatic heterocycles. The second kappa shape index (κ2) is 15.8. The maximum atomic E-state index is 2.99. The smallest absolute Gasteiger partial charge is 0.00984 e. The summed E-state index contributed by atoms with van der Waals surface area (Å²) in [5.41, 5.74) is 0.579. The van der Waals surface area contributed by atoms with Gasteiger partial charge in [-0.05, 0) is 112 Å². The SMILES string of the molecule is CC=CC1CCC(N2CC(CCCCC)C2)CC2CC3CC(C)CCCCC3CC2C(CC)(CCCCC)C1. The van der Waals surface area contributed by atoms with Crippen LogP contribution in [0.25, 0.3) is 0 Å². The summed E-state index contributed by atoms with van der Waals surface area (Å²) in [6.45, 7) is 15.1. The number of allylic oxidation sites excluding steroid dienone is 2. The van der Waals surface area contributed by atoms with E-state index in [9.17, 15) is 0 Å². The molecule has 0 bridgehead atoms. The van der Waals surface area contributed by atoms with Crippen LogP contribution in [0.3, 0.4) is 0 Å². The third-order valence-corrected chi connectivity index (χ3v) is 12.7. The number of rotatable bonds is 11. The van der Waals surface area contributed by atoms with Gasteiger partial charge in [0.05, 0.1) is 0 Å². The van der Waals surface area contributed by atoms with Crippen LogP contribution in [-0.2, 0) is 0 Å². The monoisotopic (exact) mass is 540 g/mol. The molecule has 8 unspecified atom stereocenters. The molecule has 3 saturated carbocycles. The zero-order valence-corrected chi connectivity index (χ0v) is 27.3. The summed E-state index contributed by atoms with van der Waals surface area (Å²) in [6.07, 6.45) is 34.7. The van der Waals surface area contributed by atoms with Gasteiger partial charge in [-0.2, -0.15) is 0 Å². The molecule has 1 nitrogen and oxygen atoms in total. The predicted molar refractivity (Wildman–Crippen MR) is 172 cm³/mol. The average molecular weight is 540 g/mol. The highest BCUT2D eigenvalue weighted by molar-refractivity contribution is 5.02. The Morgan fingerprint density at radius 1 is 0.769 bits per heavy atom. The molecular weight excluding hydrogens is 470 g/mol. The van der Waals surface area contributed by atoms with Crippen molar-refractivity contribution in [3.8, 4) is 0 Å². The lowest BCUT2D eigenvalue weighted by Crippen LogP contribution is -2.53. The topological polar surface area (TPSA) is 3.24 Å². The van der Waals surface area contributed by atoms with Gasteiger partial charge in [-0.1, -0.05) is 110 Å². The van der Waals surface area contributed by atoms with Gasteiger partial charge in [0.25, 0.3) is 0 Å². The highest BCUT2D eigenvalue weighted by atomic mass is 15.2. The van der Waals surface area contributed by atoms with Gasteiger partial charge in [-0.25, -0.2) is 0 Å². The van der Waals surface area contributed by atoms with Crippen molar-refractivity contribution in [1.29, 1.82) is 0 Å². The lowest BCUT2D eigenvalue weighted by Gasteiger charge is -2.54. The zero-order valence-electron chi connectivity index (χ0n) is 27.3. The normalized spacial score (nSPS) is 39.1. The molecule has 39 heavy (non-hydrogen) atoms. The minimum absolute atomic E-state index is 0.579. The summed E-state index contributed by atoms with van der Waals surface area (Å²) in [5.74, 6) is 6.76. The van der Waals surface area contributed by atoms with Crippen molar-refractivity contribution < 1.29 is 0 Å². The summed E-state index contributed by atoms with van der Waals surface area (Å²) in [5, 5.41) is 0.